The summed E-state index contributed by atoms with van der Waals surface area (Å²) in [5.74, 6) is 0.125. The minimum atomic E-state index is 0.125. The Balaban J connectivity index is 1.51. The number of benzene rings is 2. The number of aromatic amines is 1. The second-order valence-corrected chi connectivity index (χ2v) is 7.62. The van der Waals surface area contributed by atoms with Gasteiger partial charge in [-0.15, -0.1) is 0 Å². The highest BCUT2D eigenvalue weighted by molar-refractivity contribution is 5.88. The average Bonchev–Trinajstić information content (AvgIpc) is 2.99. The van der Waals surface area contributed by atoms with Crippen LogP contribution in [0.2, 0.25) is 0 Å². The third-order valence-corrected chi connectivity index (χ3v) is 5.87. The van der Waals surface area contributed by atoms with E-state index in [2.05, 4.69) is 49.3 Å². The molecule has 1 heterocycles. The SMILES string of the molecule is Cc1ccccc1CC(=O)NC1CCc2[nH]c3c(C)c(C)ccc3c2C1. The van der Waals surface area contributed by atoms with Crippen LogP contribution in [0.1, 0.15) is 39.9 Å². The van der Waals surface area contributed by atoms with Crippen molar-refractivity contribution in [3.05, 3.63) is 69.9 Å². The van der Waals surface area contributed by atoms with Crippen LogP contribution in [-0.4, -0.2) is 16.9 Å². The molecule has 3 heteroatoms. The number of nitrogens with one attached hydrogen (secondary N) is 2. The van der Waals surface area contributed by atoms with Crippen LogP contribution >= 0.6 is 0 Å². The second kappa shape index (κ2) is 6.64. The highest BCUT2D eigenvalue weighted by Crippen LogP contribution is 2.32. The van der Waals surface area contributed by atoms with Crippen LogP contribution in [0.5, 0.6) is 0 Å². The van der Waals surface area contributed by atoms with Gasteiger partial charge in [0.1, 0.15) is 0 Å². The Bertz CT molecular complexity index is 983. The summed E-state index contributed by atoms with van der Waals surface area (Å²) in [4.78, 5) is 16.2. The van der Waals surface area contributed by atoms with E-state index >= 15 is 0 Å². The van der Waals surface area contributed by atoms with Crippen LogP contribution < -0.4 is 5.32 Å². The molecule has 0 saturated carbocycles. The third-order valence-electron chi connectivity index (χ3n) is 5.87. The Labute approximate surface area is 154 Å². The largest absolute Gasteiger partial charge is 0.358 e. The molecule has 0 saturated heterocycles. The number of hydrogen-bond acceptors (Lipinski definition) is 1. The molecular formula is C23H26N2O. The molecule has 1 amide bonds. The quantitative estimate of drug-likeness (QED) is 0.729. The molecule has 0 fully saturated rings. The van der Waals surface area contributed by atoms with E-state index in [-0.39, 0.29) is 11.9 Å². The number of H-pyrrole nitrogens is 1. The van der Waals surface area contributed by atoms with E-state index in [1.807, 2.05) is 18.2 Å². The highest BCUT2D eigenvalue weighted by Gasteiger charge is 2.24. The lowest BCUT2D eigenvalue weighted by molar-refractivity contribution is -0.121. The number of rotatable bonds is 3. The summed E-state index contributed by atoms with van der Waals surface area (Å²) in [6.07, 6.45) is 3.37. The van der Waals surface area contributed by atoms with E-state index in [1.54, 1.807) is 0 Å². The van der Waals surface area contributed by atoms with Crippen molar-refractivity contribution >= 4 is 16.8 Å². The molecule has 3 aromatic rings. The van der Waals surface area contributed by atoms with Crippen LogP contribution in [0.3, 0.4) is 0 Å². The molecule has 0 bridgehead atoms. The molecule has 3 nitrogen and oxygen atoms in total. The van der Waals surface area contributed by atoms with Crippen molar-refractivity contribution in [3.63, 3.8) is 0 Å². The summed E-state index contributed by atoms with van der Waals surface area (Å²) in [6.45, 7) is 6.40. The number of fused-ring (bicyclic) bond motifs is 3. The van der Waals surface area contributed by atoms with Crippen molar-refractivity contribution in [1.29, 1.82) is 0 Å². The molecule has 1 aromatic heterocycles. The van der Waals surface area contributed by atoms with E-state index < -0.39 is 0 Å². The van der Waals surface area contributed by atoms with Crippen molar-refractivity contribution in [2.45, 2.75) is 52.5 Å². The molecule has 134 valence electrons. The number of aromatic nitrogens is 1. The smallest absolute Gasteiger partial charge is 0.224 e. The molecule has 1 unspecified atom stereocenters. The van der Waals surface area contributed by atoms with Gasteiger partial charge in [0.05, 0.1) is 6.42 Å². The summed E-state index contributed by atoms with van der Waals surface area (Å²) in [5.41, 5.74) is 8.93. The van der Waals surface area contributed by atoms with E-state index in [0.717, 1.165) is 24.8 Å². The summed E-state index contributed by atoms with van der Waals surface area (Å²) < 4.78 is 0. The maximum Gasteiger partial charge on any atom is 0.224 e. The molecule has 2 aromatic carbocycles. The summed E-state index contributed by atoms with van der Waals surface area (Å²) in [7, 11) is 0. The second-order valence-electron chi connectivity index (χ2n) is 7.62. The number of hydrogen-bond donors (Lipinski definition) is 2. The highest BCUT2D eigenvalue weighted by atomic mass is 16.1. The van der Waals surface area contributed by atoms with E-state index in [0.29, 0.717) is 6.42 Å². The molecular weight excluding hydrogens is 320 g/mol. The fourth-order valence-electron chi connectivity index (χ4n) is 4.11. The molecule has 1 atom stereocenters. The molecule has 0 radical (unpaired) electrons. The van der Waals surface area contributed by atoms with Gasteiger partial charge in [0.2, 0.25) is 5.91 Å². The monoisotopic (exact) mass is 346 g/mol. The maximum atomic E-state index is 12.5. The van der Waals surface area contributed by atoms with E-state index in [1.165, 1.54) is 38.9 Å². The first-order valence-corrected chi connectivity index (χ1v) is 9.46. The Morgan fingerprint density at radius 1 is 1.12 bits per heavy atom. The van der Waals surface area contributed by atoms with Gasteiger partial charge in [-0.3, -0.25) is 4.79 Å². The van der Waals surface area contributed by atoms with Crippen molar-refractivity contribution in [3.8, 4) is 0 Å². The van der Waals surface area contributed by atoms with Gasteiger partial charge in [-0.1, -0.05) is 36.4 Å². The number of carbonyl (C=O) groups is 1. The van der Waals surface area contributed by atoms with Crippen LogP contribution in [0.25, 0.3) is 10.9 Å². The third kappa shape index (κ3) is 3.03. The Morgan fingerprint density at radius 3 is 2.73 bits per heavy atom. The van der Waals surface area contributed by atoms with Gasteiger partial charge in [-0.25, -0.2) is 0 Å². The van der Waals surface area contributed by atoms with Gasteiger partial charge in [0.25, 0.3) is 0 Å². The van der Waals surface area contributed by atoms with Crippen LogP contribution in [0, 0.1) is 20.8 Å². The predicted octanol–water partition coefficient (Wildman–Crippen LogP) is 4.31. The zero-order valence-corrected chi connectivity index (χ0v) is 15.8. The lowest BCUT2D eigenvalue weighted by atomic mass is 9.90. The van der Waals surface area contributed by atoms with Gasteiger partial charge < -0.3 is 10.3 Å². The molecule has 0 aliphatic heterocycles. The van der Waals surface area contributed by atoms with Crippen LogP contribution in [0.15, 0.2) is 36.4 Å². The van der Waals surface area contributed by atoms with Crippen molar-refractivity contribution < 1.29 is 4.79 Å². The molecule has 26 heavy (non-hydrogen) atoms. The molecule has 0 spiro atoms. The molecule has 4 rings (SSSR count). The van der Waals surface area contributed by atoms with Gasteiger partial charge in [-0.2, -0.15) is 0 Å². The minimum Gasteiger partial charge on any atom is -0.358 e. The summed E-state index contributed by atoms with van der Waals surface area (Å²) in [5, 5.41) is 4.58. The molecule has 2 N–H and O–H groups in total. The first-order valence-electron chi connectivity index (χ1n) is 9.46. The normalized spacial score (nSPS) is 16.5. The topological polar surface area (TPSA) is 44.9 Å². The average molecular weight is 346 g/mol. The number of amides is 1. The van der Waals surface area contributed by atoms with Gasteiger partial charge >= 0.3 is 0 Å². The molecule has 1 aliphatic rings. The fraction of sp³-hybridized carbons (Fsp3) is 0.348. The lowest BCUT2D eigenvalue weighted by Crippen LogP contribution is -2.39. The van der Waals surface area contributed by atoms with Gasteiger partial charge in [0, 0.05) is 22.6 Å². The van der Waals surface area contributed by atoms with Crippen molar-refractivity contribution in [2.24, 2.45) is 0 Å². The zero-order chi connectivity index (χ0) is 18.3. The van der Waals surface area contributed by atoms with E-state index in [9.17, 15) is 4.79 Å². The van der Waals surface area contributed by atoms with Crippen LogP contribution in [0.4, 0.5) is 0 Å². The van der Waals surface area contributed by atoms with Gasteiger partial charge in [-0.05, 0) is 67.9 Å². The fourth-order valence-corrected chi connectivity index (χ4v) is 4.11. The van der Waals surface area contributed by atoms with E-state index in [4.69, 9.17) is 0 Å². The summed E-state index contributed by atoms with van der Waals surface area (Å²) in [6, 6.07) is 12.8. The van der Waals surface area contributed by atoms with Crippen molar-refractivity contribution in [2.75, 3.05) is 0 Å². The van der Waals surface area contributed by atoms with Gasteiger partial charge in [0.15, 0.2) is 0 Å². The van der Waals surface area contributed by atoms with Crippen LogP contribution in [-0.2, 0) is 24.1 Å². The minimum absolute atomic E-state index is 0.125. The number of aryl methyl sites for hydroxylation is 4. The lowest BCUT2D eigenvalue weighted by Gasteiger charge is -2.24. The standard InChI is InChI=1S/C23H26N2O/c1-14-8-10-19-20-13-18(9-11-21(20)25-23(19)16(14)3)24-22(26)12-17-7-5-4-6-15(17)2/h4-8,10,18,25H,9,11-13H2,1-3H3,(H,24,26). The predicted molar refractivity (Wildman–Crippen MR) is 107 cm³/mol. The first kappa shape index (κ1) is 16.9. The van der Waals surface area contributed by atoms with Crippen molar-refractivity contribution in [1.82, 2.24) is 10.3 Å². The number of carbonyl (C=O) groups excluding carboxylic acids is 1. The Morgan fingerprint density at radius 2 is 1.92 bits per heavy atom. The Kier molecular flexibility index (Phi) is 4.31. The molecule has 1 aliphatic carbocycles. The maximum absolute atomic E-state index is 12.5. The first-order chi connectivity index (χ1) is 12.5. The summed E-state index contributed by atoms with van der Waals surface area (Å²) >= 11 is 0. The Hall–Kier alpha value is -2.55. The zero-order valence-electron chi connectivity index (χ0n) is 15.8.